The molecule has 0 spiro atoms. The molecule has 0 radical (unpaired) electrons. The van der Waals surface area contributed by atoms with Gasteiger partial charge in [-0.15, -0.1) is 0 Å². The van der Waals surface area contributed by atoms with Gasteiger partial charge in [0.1, 0.15) is 11.3 Å². The topological polar surface area (TPSA) is 132 Å². The maximum absolute atomic E-state index is 13.2. The zero-order valence-electron chi connectivity index (χ0n) is 20.7. The van der Waals surface area contributed by atoms with Gasteiger partial charge in [-0.1, -0.05) is 81.6 Å². The summed E-state index contributed by atoms with van der Waals surface area (Å²) >= 11 is 0. The minimum Gasteiger partial charge on any atom is -0.481 e. The Morgan fingerprint density at radius 1 is 0.677 bits per heavy atom. The minimum absolute atomic E-state index is 0.262. The third-order valence-electron chi connectivity index (χ3n) is 7.44. The van der Waals surface area contributed by atoms with Crippen LogP contribution in [0.1, 0.15) is 81.6 Å². The Bertz CT molecular complexity index is 609. The molecule has 7 heteroatoms. The van der Waals surface area contributed by atoms with E-state index < -0.39 is 52.6 Å². The molecular formula is C24H44O7. The number of carboxylic acid groups (broad SMARTS) is 3. The lowest BCUT2D eigenvalue weighted by molar-refractivity contribution is -0.235. The Morgan fingerprint density at radius 2 is 1.06 bits per heavy atom. The van der Waals surface area contributed by atoms with Crippen molar-refractivity contribution in [3.63, 3.8) is 0 Å². The van der Waals surface area contributed by atoms with Crippen LogP contribution >= 0.6 is 0 Å². The Labute approximate surface area is 187 Å². The summed E-state index contributed by atoms with van der Waals surface area (Å²) in [6, 6.07) is 0. The molecule has 0 aliphatic heterocycles. The van der Waals surface area contributed by atoms with Gasteiger partial charge in [0.2, 0.25) is 0 Å². The van der Waals surface area contributed by atoms with Crippen LogP contribution < -0.4 is 0 Å². The van der Waals surface area contributed by atoms with Crippen molar-refractivity contribution in [3.05, 3.63) is 0 Å². The Morgan fingerprint density at radius 3 is 1.23 bits per heavy atom. The minimum atomic E-state index is -2.99. The van der Waals surface area contributed by atoms with Crippen molar-refractivity contribution in [2.24, 2.45) is 46.8 Å². The lowest BCUT2D eigenvalue weighted by atomic mass is 9.47. The van der Waals surface area contributed by atoms with E-state index in [-0.39, 0.29) is 17.8 Å². The monoisotopic (exact) mass is 444 g/mol. The number of carboxylic acids is 3. The molecule has 0 bridgehead atoms. The second kappa shape index (κ2) is 11.3. The fraction of sp³-hybridized carbons (Fsp3) is 0.875. The predicted octanol–water partition coefficient (Wildman–Crippen LogP) is 4.62. The van der Waals surface area contributed by atoms with Crippen LogP contribution in [0.3, 0.4) is 0 Å². The van der Waals surface area contributed by atoms with E-state index in [1.54, 1.807) is 62.3 Å². The summed E-state index contributed by atoms with van der Waals surface area (Å²) < 4.78 is 0. The number of aliphatic carboxylic acids is 3. The van der Waals surface area contributed by atoms with Gasteiger partial charge in [-0.2, -0.15) is 0 Å². The molecule has 4 N–H and O–H groups in total. The maximum atomic E-state index is 13.2. The summed E-state index contributed by atoms with van der Waals surface area (Å²) in [5.41, 5.74) is -5.18. The summed E-state index contributed by atoms with van der Waals surface area (Å²) in [5, 5.41) is 43.5. The molecule has 5 unspecified atom stereocenters. The van der Waals surface area contributed by atoms with Crippen molar-refractivity contribution in [3.8, 4) is 0 Å². The average molecular weight is 445 g/mol. The SMILES string of the molecule is CCC(C(C)C)C(C(=O)O)C(O)(C(=O)O)C(C(=O)O)(C(CC)C(C)C)C(CC)C(C)C. The van der Waals surface area contributed by atoms with Crippen LogP contribution in [-0.2, 0) is 14.4 Å². The van der Waals surface area contributed by atoms with Crippen LogP contribution in [-0.4, -0.2) is 43.9 Å². The molecule has 0 aliphatic carbocycles. The van der Waals surface area contributed by atoms with E-state index in [1.165, 1.54) is 0 Å². The largest absolute Gasteiger partial charge is 0.481 e. The van der Waals surface area contributed by atoms with Gasteiger partial charge in [-0.3, -0.25) is 9.59 Å². The van der Waals surface area contributed by atoms with Crippen LogP contribution in [0.4, 0.5) is 0 Å². The summed E-state index contributed by atoms with van der Waals surface area (Å²) in [4.78, 5) is 38.6. The standard InChI is InChI=1S/C24H44O7/c1-10-16(13(4)5)19(20(25)26)24(31,22(29)30)23(21(27)28,17(11-2)14(6)7)18(12-3)15(8)9/h13-19,31H,10-12H2,1-9H3,(H,25,26)(H,27,28)(H,29,30). The lowest BCUT2D eigenvalue weighted by Gasteiger charge is -2.55. The van der Waals surface area contributed by atoms with E-state index in [2.05, 4.69) is 0 Å². The molecule has 0 saturated heterocycles. The normalized spacial score (nSPS) is 20.0. The summed E-state index contributed by atoms with van der Waals surface area (Å²) in [7, 11) is 0. The van der Waals surface area contributed by atoms with E-state index in [4.69, 9.17) is 0 Å². The third kappa shape index (κ3) is 4.91. The molecule has 0 aromatic rings. The number of hydrogen-bond donors (Lipinski definition) is 4. The van der Waals surface area contributed by atoms with E-state index in [0.717, 1.165) is 0 Å². The van der Waals surface area contributed by atoms with Crippen LogP contribution in [0.5, 0.6) is 0 Å². The van der Waals surface area contributed by atoms with Gasteiger partial charge in [0, 0.05) is 0 Å². The van der Waals surface area contributed by atoms with Crippen molar-refractivity contribution in [1.29, 1.82) is 0 Å². The number of aliphatic hydroxyl groups is 1. The Balaban J connectivity index is 7.81. The van der Waals surface area contributed by atoms with Gasteiger partial charge in [-0.05, 0) is 35.5 Å². The highest BCUT2D eigenvalue weighted by Crippen LogP contribution is 2.57. The molecule has 7 nitrogen and oxygen atoms in total. The first-order chi connectivity index (χ1) is 14.1. The van der Waals surface area contributed by atoms with Crippen molar-refractivity contribution in [2.45, 2.75) is 87.2 Å². The third-order valence-corrected chi connectivity index (χ3v) is 7.44. The van der Waals surface area contributed by atoms with Gasteiger partial charge >= 0.3 is 17.9 Å². The fourth-order valence-corrected chi connectivity index (χ4v) is 6.29. The smallest absolute Gasteiger partial charge is 0.337 e. The molecule has 0 aliphatic rings. The molecule has 0 saturated carbocycles. The van der Waals surface area contributed by atoms with E-state index in [9.17, 15) is 34.8 Å². The quantitative estimate of drug-likeness (QED) is 0.307. The van der Waals surface area contributed by atoms with Crippen LogP contribution in [0, 0.1) is 46.8 Å². The van der Waals surface area contributed by atoms with Crippen LogP contribution in [0.15, 0.2) is 0 Å². The average Bonchev–Trinajstić information content (AvgIpc) is 2.63. The first-order valence-corrected chi connectivity index (χ1v) is 11.6. The van der Waals surface area contributed by atoms with E-state index in [0.29, 0.717) is 19.3 Å². The molecule has 0 rings (SSSR count). The molecule has 5 atom stereocenters. The molecular weight excluding hydrogens is 400 g/mol. The first-order valence-electron chi connectivity index (χ1n) is 11.6. The molecule has 0 aromatic carbocycles. The molecule has 182 valence electrons. The van der Waals surface area contributed by atoms with Crippen molar-refractivity contribution in [1.82, 2.24) is 0 Å². The second-order valence-electron chi connectivity index (χ2n) is 9.90. The number of rotatable bonds is 14. The first kappa shape index (κ1) is 29.4. The van der Waals surface area contributed by atoms with Gasteiger partial charge in [0.15, 0.2) is 5.60 Å². The second-order valence-corrected chi connectivity index (χ2v) is 9.90. The Hall–Kier alpha value is -1.63. The highest BCUT2D eigenvalue weighted by atomic mass is 16.4. The van der Waals surface area contributed by atoms with Crippen LogP contribution in [0.25, 0.3) is 0 Å². The number of hydrogen-bond acceptors (Lipinski definition) is 4. The van der Waals surface area contributed by atoms with Crippen molar-refractivity contribution < 1.29 is 34.8 Å². The van der Waals surface area contributed by atoms with Crippen LogP contribution in [0.2, 0.25) is 0 Å². The van der Waals surface area contributed by atoms with Gasteiger partial charge < -0.3 is 20.4 Å². The molecule has 0 heterocycles. The molecule has 0 aromatic heterocycles. The molecule has 0 amide bonds. The zero-order chi connectivity index (χ0) is 24.9. The van der Waals surface area contributed by atoms with Gasteiger partial charge in [0.05, 0.1) is 0 Å². The highest BCUT2D eigenvalue weighted by Gasteiger charge is 2.73. The van der Waals surface area contributed by atoms with Gasteiger partial charge in [0.25, 0.3) is 0 Å². The van der Waals surface area contributed by atoms with Gasteiger partial charge in [-0.25, -0.2) is 4.79 Å². The fourth-order valence-electron chi connectivity index (χ4n) is 6.29. The highest BCUT2D eigenvalue weighted by molar-refractivity contribution is 5.94. The molecule has 31 heavy (non-hydrogen) atoms. The summed E-state index contributed by atoms with van der Waals surface area (Å²) in [6.45, 7) is 16.0. The molecule has 0 fully saturated rings. The number of carbonyl (C=O) groups is 3. The maximum Gasteiger partial charge on any atom is 0.337 e. The van der Waals surface area contributed by atoms with E-state index in [1.807, 2.05) is 0 Å². The zero-order valence-corrected chi connectivity index (χ0v) is 20.7. The summed E-state index contributed by atoms with van der Waals surface area (Å²) in [5.74, 6) is -9.51. The van der Waals surface area contributed by atoms with E-state index >= 15 is 0 Å². The Kier molecular flexibility index (Phi) is 10.7. The summed E-state index contributed by atoms with van der Waals surface area (Å²) in [6.07, 6.45) is 0.901. The lowest BCUT2D eigenvalue weighted by Crippen LogP contribution is -2.71. The van der Waals surface area contributed by atoms with Crippen molar-refractivity contribution in [2.75, 3.05) is 0 Å². The predicted molar refractivity (Wildman–Crippen MR) is 120 cm³/mol. The van der Waals surface area contributed by atoms with Crippen molar-refractivity contribution >= 4 is 17.9 Å².